The van der Waals surface area contributed by atoms with Crippen LogP contribution in [0.25, 0.3) is 0 Å². The van der Waals surface area contributed by atoms with Crippen molar-refractivity contribution in [3.8, 4) is 0 Å². The molecule has 3 atom stereocenters. The Labute approximate surface area is 204 Å². The van der Waals surface area contributed by atoms with Crippen molar-refractivity contribution in [2.45, 2.75) is 84.1 Å². The molecular formula is C25H41NO5SSi. The Morgan fingerprint density at radius 3 is 2.36 bits per heavy atom. The molecule has 1 aliphatic rings. The topological polar surface area (TPSA) is 65.1 Å². The average molecular weight is 496 g/mol. The second-order valence-corrected chi connectivity index (χ2v) is 16.2. The summed E-state index contributed by atoms with van der Waals surface area (Å²) in [6.07, 6.45) is 0.262. The lowest BCUT2D eigenvalue weighted by Crippen LogP contribution is -2.54. The second kappa shape index (κ2) is 10.7. The van der Waals surface area contributed by atoms with Gasteiger partial charge < -0.3 is 13.9 Å². The Morgan fingerprint density at radius 1 is 1.24 bits per heavy atom. The zero-order valence-corrected chi connectivity index (χ0v) is 23.3. The quantitative estimate of drug-likeness (QED) is 0.221. The largest absolute Gasteiger partial charge is 0.464 e. The fourth-order valence-corrected chi connectivity index (χ4v) is 6.25. The van der Waals surface area contributed by atoms with Crippen molar-refractivity contribution in [3.05, 3.63) is 34.5 Å². The summed E-state index contributed by atoms with van der Waals surface area (Å²) in [4.78, 5) is 29.6. The molecule has 33 heavy (non-hydrogen) atoms. The number of likely N-dealkylation sites (tertiary alicyclic amines) is 1. The van der Waals surface area contributed by atoms with Gasteiger partial charge in [-0.25, -0.2) is 9.59 Å². The Morgan fingerprint density at radius 2 is 1.88 bits per heavy atom. The number of carbonyl (C=O) groups excluding carboxylic acids is 2. The zero-order chi connectivity index (χ0) is 25.0. The highest BCUT2D eigenvalue weighted by Crippen LogP contribution is 2.52. The van der Waals surface area contributed by atoms with E-state index in [1.165, 1.54) is 0 Å². The molecule has 0 N–H and O–H groups in total. The third-order valence-corrected chi connectivity index (χ3v) is 12.2. The minimum Gasteiger partial charge on any atom is -0.464 e. The first kappa shape index (κ1) is 27.6. The molecule has 0 spiro atoms. The maximum absolute atomic E-state index is 13.5. The van der Waals surface area contributed by atoms with Crippen molar-refractivity contribution < 1.29 is 23.5 Å². The van der Waals surface area contributed by atoms with Crippen molar-refractivity contribution in [1.82, 2.24) is 4.90 Å². The van der Waals surface area contributed by atoms with Gasteiger partial charge in [0.25, 0.3) is 0 Å². The number of nitrogens with zero attached hydrogens (tertiary/aromatic N) is 1. The molecule has 8 heteroatoms. The second-order valence-electron chi connectivity index (χ2n) is 10.5. The summed E-state index contributed by atoms with van der Waals surface area (Å²) in [5.41, 5.74) is -0.363. The van der Waals surface area contributed by atoms with E-state index in [-0.39, 0.29) is 30.2 Å². The van der Waals surface area contributed by atoms with Gasteiger partial charge in [-0.05, 0) is 56.8 Å². The number of carbonyl (C=O) groups is 2. The highest BCUT2D eigenvalue weighted by Gasteiger charge is 2.60. The molecule has 0 unspecified atom stereocenters. The van der Waals surface area contributed by atoms with Gasteiger partial charge in [0.05, 0.1) is 19.3 Å². The highest BCUT2D eigenvalue weighted by molar-refractivity contribution is 7.10. The molecule has 2 rings (SSSR count). The Bertz CT molecular complexity index is 832. The van der Waals surface area contributed by atoms with Crippen LogP contribution in [-0.4, -0.2) is 50.6 Å². The third kappa shape index (κ3) is 5.89. The smallest absolute Gasteiger partial charge is 0.411 e. The molecule has 6 nitrogen and oxygen atoms in total. The van der Waals surface area contributed by atoms with Crippen molar-refractivity contribution in [2.24, 2.45) is 5.92 Å². The Kier molecular flexibility index (Phi) is 8.98. The molecule has 1 amide bonds. The van der Waals surface area contributed by atoms with E-state index in [1.54, 1.807) is 30.1 Å². The summed E-state index contributed by atoms with van der Waals surface area (Å²) in [5, 5.41) is 2.05. The van der Waals surface area contributed by atoms with Crippen molar-refractivity contribution in [2.75, 3.05) is 19.8 Å². The SMILES string of the molecule is C=C(C)C[C@@]1(C(=O)OCC)C[C@H](CO[Si](C)(C)C(C)(C)C)[C@H](c2cccs2)N1C(=O)OCC. The van der Waals surface area contributed by atoms with E-state index in [0.717, 1.165) is 10.5 Å². The van der Waals surface area contributed by atoms with E-state index in [0.29, 0.717) is 19.4 Å². The van der Waals surface area contributed by atoms with Crippen LogP contribution < -0.4 is 0 Å². The molecule has 0 aromatic carbocycles. The van der Waals surface area contributed by atoms with Crippen LogP contribution in [0.1, 0.15) is 65.3 Å². The molecule has 0 saturated carbocycles. The van der Waals surface area contributed by atoms with Gasteiger partial charge >= 0.3 is 12.1 Å². The monoisotopic (exact) mass is 495 g/mol. The number of hydrogen-bond donors (Lipinski definition) is 0. The van der Waals surface area contributed by atoms with Crippen LogP contribution in [0.3, 0.4) is 0 Å². The lowest BCUT2D eigenvalue weighted by molar-refractivity contribution is -0.156. The fraction of sp³-hybridized carbons (Fsp3) is 0.680. The number of hydrogen-bond acceptors (Lipinski definition) is 6. The molecule has 1 aromatic heterocycles. The van der Waals surface area contributed by atoms with Crippen LogP contribution in [0, 0.1) is 5.92 Å². The lowest BCUT2D eigenvalue weighted by atomic mass is 9.86. The molecule has 1 aromatic rings. The number of amides is 1. The predicted octanol–water partition coefficient (Wildman–Crippen LogP) is 6.56. The summed E-state index contributed by atoms with van der Waals surface area (Å²) >= 11 is 1.58. The molecule has 2 heterocycles. The third-order valence-electron chi connectivity index (χ3n) is 6.80. The minimum absolute atomic E-state index is 0.0563. The first-order chi connectivity index (χ1) is 15.3. The van der Waals surface area contributed by atoms with Crippen molar-refractivity contribution >= 4 is 31.7 Å². The summed E-state index contributed by atoms with van der Waals surface area (Å²) in [7, 11) is -2.04. The lowest BCUT2D eigenvalue weighted by Gasteiger charge is -2.38. The van der Waals surface area contributed by atoms with Crippen LogP contribution in [0.4, 0.5) is 4.79 Å². The van der Waals surface area contributed by atoms with Gasteiger partial charge in [0.2, 0.25) is 0 Å². The van der Waals surface area contributed by atoms with E-state index in [9.17, 15) is 9.59 Å². The van der Waals surface area contributed by atoms with E-state index in [1.807, 2.05) is 24.4 Å². The van der Waals surface area contributed by atoms with Gasteiger partial charge in [0, 0.05) is 23.8 Å². The summed E-state index contributed by atoms with van der Waals surface area (Å²) in [5.74, 6) is -0.483. The number of ether oxygens (including phenoxy) is 2. The van der Waals surface area contributed by atoms with Gasteiger partial charge in [0.15, 0.2) is 8.32 Å². The minimum atomic E-state index is -2.04. The average Bonchev–Trinajstić information content (AvgIpc) is 3.32. The first-order valence-electron chi connectivity index (χ1n) is 11.8. The van der Waals surface area contributed by atoms with Gasteiger partial charge in [-0.2, -0.15) is 0 Å². The molecule has 1 fully saturated rings. The van der Waals surface area contributed by atoms with Crippen LogP contribution in [0.15, 0.2) is 29.7 Å². The van der Waals surface area contributed by atoms with Crippen molar-refractivity contribution in [1.29, 1.82) is 0 Å². The molecule has 186 valence electrons. The predicted molar refractivity (Wildman–Crippen MR) is 136 cm³/mol. The van der Waals surface area contributed by atoms with E-state index < -0.39 is 25.9 Å². The van der Waals surface area contributed by atoms with E-state index in [2.05, 4.69) is 40.4 Å². The molecule has 0 radical (unpaired) electrons. The van der Waals surface area contributed by atoms with Crippen LogP contribution in [0.5, 0.6) is 0 Å². The van der Waals surface area contributed by atoms with Crippen LogP contribution in [-0.2, 0) is 18.7 Å². The number of thiophene rings is 1. The molecule has 0 aliphatic carbocycles. The fourth-order valence-electron chi connectivity index (χ4n) is 4.28. The molecule has 1 aliphatic heterocycles. The van der Waals surface area contributed by atoms with Crippen molar-refractivity contribution in [3.63, 3.8) is 0 Å². The van der Waals surface area contributed by atoms with Gasteiger partial charge in [-0.15, -0.1) is 17.9 Å². The zero-order valence-electron chi connectivity index (χ0n) is 21.5. The van der Waals surface area contributed by atoms with E-state index in [4.69, 9.17) is 13.9 Å². The molecule has 0 bridgehead atoms. The van der Waals surface area contributed by atoms with Crippen LogP contribution in [0.2, 0.25) is 18.1 Å². The summed E-state index contributed by atoms with van der Waals surface area (Å²) < 4.78 is 17.7. The number of rotatable bonds is 9. The maximum atomic E-state index is 13.5. The Balaban J connectivity index is 2.60. The summed E-state index contributed by atoms with van der Waals surface area (Å²) in [6, 6.07) is 3.65. The highest BCUT2D eigenvalue weighted by atomic mass is 32.1. The van der Waals surface area contributed by atoms with Gasteiger partial charge in [0.1, 0.15) is 5.54 Å². The molecule has 1 saturated heterocycles. The molecular weight excluding hydrogens is 454 g/mol. The normalized spacial score (nSPS) is 23.5. The van der Waals surface area contributed by atoms with Crippen LogP contribution >= 0.6 is 11.3 Å². The Hall–Kier alpha value is -1.64. The number of esters is 1. The standard InChI is InChI=1S/C25H41NO5SSi/c1-10-29-22(27)25(15-18(3)4)16-19(17-31-33(8,9)24(5,6)7)21(20-13-12-14-32-20)26(25)23(28)30-11-2/h12-14,19,21H,3,10-11,15-17H2,1-2,4-9H3/t19-,21-,25+/m1/s1. The maximum Gasteiger partial charge on any atom is 0.411 e. The van der Waals surface area contributed by atoms with E-state index >= 15 is 0 Å². The summed E-state index contributed by atoms with van der Waals surface area (Å²) in [6.45, 7) is 21.5. The van der Waals surface area contributed by atoms with Gasteiger partial charge in [-0.3, -0.25) is 4.90 Å². The van der Waals surface area contributed by atoms with Gasteiger partial charge in [-0.1, -0.05) is 32.4 Å². The first-order valence-corrected chi connectivity index (χ1v) is 15.5.